The van der Waals surface area contributed by atoms with Crippen molar-refractivity contribution < 1.29 is 23.8 Å². The Morgan fingerprint density at radius 2 is 2.03 bits per heavy atom. The normalized spacial score (nSPS) is 20.5. The molecule has 152 valence electrons. The van der Waals surface area contributed by atoms with E-state index in [9.17, 15) is 9.59 Å². The van der Waals surface area contributed by atoms with Crippen LogP contribution in [0.5, 0.6) is 17.2 Å². The largest absolute Gasteiger partial charge is 0.489 e. The third-order valence-electron chi connectivity index (χ3n) is 5.03. The van der Waals surface area contributed by atoms with Gasteiger partial charge in [0.25, 0.3) is 5.91 Å². The lowest BCUT2D eigenvalue weighted by molar-refractivity contribution is -0.131. The van der Waals surface area contributed by atoms with Crippen molar-refractivity contribution in [2.24, 2.45) is 5.92 Å². The second kappa shape index (κ2) is 8.86. The number of hydrogen-bond acceptors (Lipinski definition) is 5. The molecule has 0 bridgehead atoms. The van der Waals surface area contributed by atoms with Crippen LogP contribution in [0.1, 0.15) is 18.4 Å². The van der Waals surface area contributed by atoms with Gasteiger partial charge < -0.3 is 24.8 Å². The smallest absolute Gasteiger partial charge is 0.264 e. The highest BCUT2D eigenvalue weighted by atomic mass is 16.6. The first-order chi connectivity index (χ1) is 14.2. The molecule has 29 heavy (non-hydrogen) atoms. The first-order valence-corrected chi connectivity index (χ1v) is 9.82. The maximum atomic E-state index is 12.5. The number of piperidine rings is 1. The van der Waals surface area contributed by atoms with Crippen LogP contribution in [-0.4, -0.2) is 37.6 Å². The van der Waals surface area contributed by atoms with Gasteiger partial charge in [0.1, 0.15) is 19.0 Å². The van der Waals surface area contributed by atoms with Crippen LogP contribution in [0.4, 0.5) is 0 Å². The second-order valence-electron chi connectivity index (χ2n) is 7.25. The van der Waals surface area contributed by atoms with E-state index >= 15 is 0 Å². The molecule has 2 atom stereocenters. The van der Waals surface area contributed by atoms with Crippen LogP contribution in [0.15, 0.2) is 48.5 Å². The summed E-state index contributed by atoms with van der Waals surface area (Å²) in [6.07, 6.45) is 0.566. The van der Waals surface area contributed by atoms with Crippen LogP contribution >= 0.6 is 0 Å². The van der Waals surface area contributed by atoms with Crippen LogP contribution < -0.4 is 24.8 Å². The number of nitrogens with one attached hydrogen (secondary N) is 2. The van der Waals surface area contributed by atoms with Crippen LogP contribution in [0.3, 0.4) is 0 Å². The van der Waals surface area contributed by atoms with Crippen molar-refractivity contribution in [3.05, 3.63) is 54.1 Å². The molecule has 2 aromatic carbocycles. The zero-order valence-corrected chi connectivity index (χ0v) is 16.1. The molecule has 2 aliphatic rings. The Bertz CT molecular complexity index is 871. The second-order valence-corrected chi connectivity index (χ2v) is 7.25. The molecule has 0 spiro atoms. The molecule has 2 aliphatic heterocycles. The monoisotopic (exact) mass is 396 g/mol. The molecule has 2 unspecified atom stereocenters. The molecule has 7 nitrogen and oxygen atoms in total. The Balaban J connectivity index is 1.32. The van der Waals surface area contributed by atoms with Gasteiger partial charge >= 0.3 is 0 Å². The molecule has 2 N–H and O–H groups in total. The van der Waals surface area contributed by atoms with E-state index in [1.54, 1.807) is 12.1 Å². The Hall–Kier alpha value is -3.22. The van der Waals surface area contributed by atoms with Crippen molar-refractivity contribution in [1.82, 2.24) is 10.6 Å². The first-order valence-electron chi connectivity index (χ1n) is 9.82. The highest BCUT2D eigenvalue weighted by Crippen LogP contribution is 2.35. The van der Waals surface area contributed by atoms with E-state index in [2.05, 4.69) is 10.6 Å². The molecule has 0 aliphatic carbocycles. The van der Waals surface area contributed by atoms with Crippen molar-refractivity contribution in [2.45, 2.75) is 25.6 Å². The van der Waals surface area contributed by atoms with Crippen LogP contribution in [-0.2, 0) is 16.2 Å². The molecule has 0 radical (unpaired) electrons. The van der Waals surface area contributed by atoms with Gasteiger partial charge in [0.05, 0.1) is 0 Å². The number of ether oxygens (including phenoxy) is 3. The molecule has 4 rings (SSSR count). The van der Waals surface area contributed by atoms with E-state index in [-0.39, 0.29) is 24.3 Å². The zero-order valence-electron chi connectivity index (χ0n) is 16.1. The fourth-order valence-corrected chi connectivity index (χ4v) is 3.40. The Morgan fingerprint density at radius 3 is 2.86 bits per heavy atom. The van der Waals surface area contributed by atoms with Gasteiger partial charge in [0.15, 0.2) is 11.5 Å². The molecule has 7 heteroatoms. The van der Waals surface area contributed by atoms with E-state index in [1.165, 1.54) is 0 Å². The fraction of sp³-hybridized carbons (Fsp3) is 0.364. The number of carbonyl (C=O) groups is 2. The summed E-state index contributed by atoms with van der Waals surface area (Å²) in [6, 6.07) is 15.2. The maximum Gasteiger partial charge on any atom is 0.264 e. The summed E-state index contributed by atoms with van der Waals surface area (Å²) in [5.74, 6) is 1.67. The van der Waals surface area contributed by atoms with Crippen molar-refractivity contribution in [3.63, 3.8) is 0 Å². The summed E-state index contributed by atoms with van der Waals surface area (Å²) in [5.41, 5.74) is 1.07. The van der Waals surface area contributed by atoms with Gasteiger partial charge in [-0.2, -0.15) is 0 Å². The quantitative estimate of drug-likeness (QED) is 0.781. The minimum absolute atomic E-state index is 0.0321. The molecule has 2 aromatic rings. The summed E-state index contributed by atoms with van der Waals surface area (Å²) in [6.45, 7) is 1.70. The predicted molar refractivity (Wildman–Crippen MR) is 106 cm³/mol. The van der Waals surface area contributed by atoms with Crippen molar-refractivity contribution >= 4 is 11.8 Å². The van der Waals surface area contributed by atoms with Gasteiger partial charge in [0.2, 0.25) is 12.0 Å². The van der Waals surface area contributed by atoms with Crippen LogP contribution in [0.25, 0.3) is 0 Å². The molecule has 2 amide bonds. The average Bonchev–Trinajstić information content (AvgIpc) is 2.76. The van der Waals surface area contributed by atoms with E-state index in [4.69, 9.17) is 14.2 Å². The highest BCUT2D eigenvalue weighted by Gasteiger charge is 2.29. The van der Waals surface area contributed by atoms with E-state index in [1.807, 2.05) is 36.4 Å². The third kappa shape index (κ3) is 4.99. The topological polar surface area (TPSA) is 85.9 Å². The highest BCUT2D eigenvalue weighted by molar-refractivity contribution is 5.82. The number of amides is 2. The Labute approximate surface area is 169 Å². The molecule has 0 aromatic heterocycles. The van der Waals surface area contributed by atoms with Gasteiger partial charge in [-0.15, -0.1) is 0 Å². The Kier molecular flexibility index (Phi) is 5.84. The third-order valence-corrected chi connectivity index (χ3v) is 5.03. The van der Waals surface area contributed by atoms with Crippen molar-refractivity contribution in [2.75, 3.05) is 19.7 Å². The number of hydrogen-bond donors (Lipinski definition) is 2. The van der Waals surface area contributed by atoms with Gasteiger partial charge in [-0.25, -0.2) is 0 Å². The van der Waals surface area contributed by atoms with Gasteiger partial charge in [0, 0.05) is 25.6 Å². The lowest BCUT2D eigenvalue weighted by atomic mass is 9.97. The maximum absolute atomic E-state index is 12.5. The average molecular weight is 396 g/mol. The van der Waals surface area contributed by atoms with Gasteiger partial charge in [-0.3, -0.25) is 9.59 Å². The number of benzene rings is 2. The molecule has 0 saturated carbocycles. The van der Waals surface area contributed by atoms with Crippen molar-refractivity contribution in [3.8, 4) is 17.2 Å². The lowest BCUT2D eigenvalue weighted by Crippen LogP contribution is -2.46. The summed E-state index contributed by atoms with van der Waals surface area (Å²) in [5, 5.41) is 5.67. The minimum Gasteiger partial charge on any atom is -0.489 e. The molecule has 1 saturated heterocycles. The SMILES string of the molecule is O=C1CC(CNC(=O)C2COc3ccc(OCc4ccccc4)cc3O2)CCN1. The number of carbonyl (C=O) groups excluding carboxylic acids is 2. The lowest BCUT2D eigenvalue weighted by Gasteiger charge is -2.27. The van der Waals surface area contributed by atoms with E-state index in [0.29, 0.717) is 43.4 Å². The number of rotatable bonds is 6. The summed E-state index contributed by atoms with van der Waals surface area (Å²) in [4.78, 5) is 23.9. The van der Waals surface area contributed by atoms with Crippen LogP contribution in [0.2, 0.25) is 0 Å². The summed E-state index contributed by atoms with van der Waals surface area (Å²) < 4.78 is 17.3. The molecule has 1 fully saturated rings. The fourth-order valence-electron chi connectivity index (χ4n) is 3.40. The predicted octanol–water partition coefficient (Wildman–Crippen LogP) is 2.05. The van der Waals surface area contributed by atoms with E-state index in [0.717, 1.165) is 12.0 Å². The first kappa shape index (κ1) is 19.1. The number of fused-ring (bicyclic) bond motifs is 1. The molecular weight excluding hydrogens is 372 g/mol. The van der Waals surface area contributed by atoms with Crippen LogP contribution in [0, 0.1) is 5.92 Å². The standard InChI is InChI=1S/C22H24N2O5/c25-21-10-16(8-9-23-21)12-24-22(26)20-14-28-18-7-6-17(11-19(18)29-20)27-13-15-4-2-1-3-5-15/h1-7,11,16,20H,8-10,12-14H2,(H,23,25)(H,24,26). The molecular formula is C22H24N2O5. The van der Waals surface area contributed by atoms with Gasteiger partial charge in [-0.05, 0) is 30.0 Å². The summed E-state index contributed by atoms with van der Waals surface area (Å²) in [7, 11) is 0. The van der Waals surface area contributed by atoms with Gasteiger partial charge in [-0.1, -0.05) is 30.3 Å². The van der Waals surface area contributed by atoms with E-state index < -0.39 is 6.10 Å². The van der Waals surface area contributed by atoms with Crippen molar-refractivity contribution in [1.29, 1.82) is 0 Å². The zero-order chi connectivity index (χ0) is 20.1. The molecule has 2 heterocycles. The summed E-state index contributed by atoms with van der Waals surface area (Å²) >= 11 is 0. The Morgan fingerprint density at radius 1 is 1.17 bits per heavy atom. The minimum atomic E-state index is -0.732.